The van der Waals surface area contributed by atoms with Crippen molar-refractivity contribution in [2.45, 2.75) is 26.3 Å². The summed E-state index contributed by atoms with van der Waals surface area (Å²) < 4.78 is 6.93. The van der Waals surface area contributed by atoms with E-state index in [4.69, 9.17) is 17.0 Å². The fourth-order valence-electron chi connectivity index (χ4n) is 3.19. The van der Waals surface area contributed by atoms with Gasteiger partial charge in [0, 0.05) is 31.5 Å². The Morgan fingerprint density at radius 3 is 2.68 bits per heavy atom. The van der Waals surface area contributed by atoms with E-state index in [9.17, 15) is 4.79 Å². The number of benzene rings is 1. The quantitative estimate of drug-likeness (QED) is 0.634. The SMILES string of the molecule is COCCCN1C(=O)[C@@H](c2c(C)nn(-c3ccccc3)c2C)NC1=S. The lowest BCUT2D eigenvalue weighted by atomic mass is 10.0. The number of methoxy groups -OCH3 is 1. The highest BCUT2D eigenvalue weighted by Gasteiger charge is 2.39. The molecular formula is C18H22N4O2S. The summed E-state index contributed by atoms with van der Waals surface area (Å²) in [6.07, 6.45) is 0.748. The number of carbonyl (C=O) groups is 1. The molecule has 2 aromatic rings. The molecule has 25 heavy (non-hydrogen) atoms. The van der Waals surface area contributed by atoms with Gasteiger partial charge in [-0.05, 0) is 44.6 Å². The molecule has 132 valence electrons. The molecule has 1 aliphatic rings. The Morgan fingerprint density at radius 1 is 1.28 bits per heavy atom. The van der Waals surface area contributed by atoms with Gasteiger partial charge in [0.2, 0.25) is 0 Å². The lowest BCUT2D eigenvalue weighted by Gasteiger charge is -2.14. The van der Waals surface area contributed by atoms with Crippen molar-refractivity contribution in [3.8, 4) is 5.69 Å². The number of ether oxygens (including phenoxy) is 1. The predicted molar refractivity (Wildman–Crippen MR) is 99.7 cm³/mol. The van der Waals surface area contributed by atoms with Crippen molar-refractivity contribution >= 4 is 23.2 Å². The highest BCUT2D eigenvalue weighted by Crippen LogP contribution is 2.29. The van der Waals surface area contributed by atoms with Gasteiger partial charge in [0.05, 0.1) is 11.4 Å². The minimum absolute atomic E-state index is 0.0279. The molecule has 0 aliphatic carbocycles. The van der Waals surface area contributed by atoms with Gasteiger partial charge in [-0.25, -0.2) is 4.68 Å². The molecule has 0 unspecified atom stereocenters. The standard InChI is InChI=1S/C18H22N4O2S/c1-12-15(13(2)22(20-12)14-8-5-4-6-9-14)16-17(23)21(18(25)19-16)10-7-11-24-3/h4-6,8-9,16H,7,10-11H2,1-3H3,(H,19,25)/t16-/m1/s1. The summed E-state index contributed by atoms with van der Waals surface area (Å²) >= 11 is 5.36. The first-order valence-corrected chi connectivity index (χ1v) is 8.67. The summed E-state index contributed by atoms with van der Waals surface area (Å²) in [5.74, 6) is -0.0279. The van der Waals surface area contributed by atoms with Crippen molar-refractivity contribution < 1.29 is 9.53 Å². The molecule has 0 spiro atoms. The summed E-state index contributed by atoms with van der Waals surface area (Å²) in [6.45, 7) is 5.06. The molecule has 0 radical (unpaired) electrons. The van der Waals surface area contributed by atoms with E-state index in [1.54, 1.807) is 12.0 Å². The minimum atomic E-state index is -0.479. The molecule has 0 bridgehead atoms. The molecule has 2 heterocycles. The number of hydrogen-bond donors (Lipinski definition) is 1. The van der Waals surface area contributed by atoms with Crippen molar-refractivity contribution in [1.82, 2.24) is 20.0 Å². The Balaban J connectivity index is 1.89. The van der Waals surface area contributed by atoms with Gasteiger partial charge in [0.15, 0.2) is 5.11 Å². The van der Waals surface area contributed by atoms with Crippen molar-refractivity contribution in [2.24, 2.45) is 0 Å². The normalized spacial score (nSPS) is 17.2. The Bertz CT molecular complexity index is 788. The number of nitrogens with one attached hydrogen (secondary N) is 1. The van der Waals surface area contributed by atoms with Crippen LogP contribution in [0.3, 0.4) is 0 Å². The number of para-hydroxylation sites is 1. The molecule has 1 N–H and O–H groups in total. The molecule has 1 atom stereocenters. The zero-order valence-corrected chi connectivity index (χ0v) is 15.5. The maximum atomic E-state index is 12.9. The molecule has 1 fully saturated rings. The van der Waals surface area contributed by atoms with Gasteiger partial charge in [-0.3, -0.25) is 9.69 Å². The number of hydrogen-bond acceptors (Lipinski definition) is 4. The molecule has 1 amide bonds. The predicted octanol–water partition coefficient (Wildman–Crippen LogP) is 2.28. The number of thiocarbonyl (C=S) groups is 1. The van der Waals surface area contributed by atoms with Crippen LogP contribution in [0, 0.1) is 13.8 Å². The maximum absolute atomic E-state index is 12.9. The van der Waals surface area contributed by atoms with Crippen LogP contribution in [0.4, 0.5) is 0 Å². The topological polar surface area (TPSA) is 59.4 Å². The zero-order chi connectivity index (χ0) is 18.0. The molecule has 7 heteroatoms. The lowest BCUT2D eigenvalue weighted by molar-refractivity contribution is -0.127. The summed E-state index contributed by atoms with van der Waals surface area (Å²) in [7, 11) is 1.65. The Hall–Kier alpha value is -2.25. The number of nitrogens with zero attached hydrogens (tertiary/aromatic N) is 3. The Labute approximate surface area is 152 Å². The molecule has 1 aliphatic heterocycles. The number of rotatable bonds is 6. The van der Waals surface area contributed by atoms with E-state index in [2.05, 4.69) is 10.4 Å². The first-order chi connectivity index (χ1) is 12.0. The number of aryl methyl sites for hydroxylation is 1. The zero-order valence-electron chi connectivity index (χ0n) is 14.7. The van der Waals surface area contributed by atoms with Crippen LogP contribution in [0.25, 0.3) is 5.69 Å². The van der Waals surface area contributed by atoms with Gasteiger partial charge in [0.1, 0.15) is 6.04 Å². The minimum Gasteiger partial charge on any atom is -0.385 e. The van der Waals surface area contributed by atoms with Gasteiger partial charge in [-0.2, -0.15) is 5.10 Å². The molecule has 1 saturated heterocycles. The number of carbonyl (C=O) groups excluding carboxylic acids is 1. The monoisotopic (exact) mass is 358 g/mol. The van der Waals surface area contributed by atoms with Crippen LogP contribution < -0.4 is 5.32 Å². The van der Waals surface area contributed by atoms with Crippen LogP contribution >= 0.6 is 12.2 Å². The van der Waals surface area contributed by atoms with Crippen LogP contribution in [-0.2, 0) is 9.53 Å². The van der Waals surface area contributed by atoms with Crippen LogP contribution in [0.2, 0.25) is 0 Å². The van der Waals surface area contributed by atoms with Gasteiger partial charge in [-0.15, -0.1) is 0 Å². The highest BCUT2D eigenvalue weighted by atomic mass is 32.1. The second-order valence-corrected chi connectivity index (χ2v) is 6.44. The second kappa shape index (κ2) is 7.33. The van der Waals surface area contributed by atoms with Crippen LogP contribution in [0.5, 0.6) is 0 Å². The average Bonchev–Trinajstić information content (AvgIpc) is 3.05. The van der Waals surface area contributed by atoms with Gasteiger partial charge in [0.25, 0.3) is 5.91 Å². The molecule has 0 saturated carbocycles. The molecule has 1 aromatic carbocycles. The van der Waals surface area contributed by atoms with Crippen molar-refractivity contribution in [3.63, 3.8) is 0 Å². The number of amides is 1. The summed E-state index contributed by atoms with van der Waals surface area (Å²) in [5.41, 5.74) is 3.63. The third-order valence-corrected chi connectivity index (χ3v) is 4.73. The van der Waals surface area contributed by atoms with Crippen molar-refractivity contribution in [3.05, 3.63) is 47.3 Å². The summed E-state index contributed by atoms with van der Waals surface area (Å²) in [5, 5.41) is 8.25. The Kier molecular flexibility index (Phi) is 5.15. The van der Waals surface area contributed by atoms with E-state index in [0.717, 1.165) is 29.1 Å². The van der Waals surface area contributed by atoms with E-state index >= 15 is 0 Å². The third kappa shape index (κ3) is 3.29. The molecular weight excluding hydrogens is 336 g/mol. The third-order valence-electron chi connectivity index (χ3n) is 4.39. The van der Waals surface area contributed by atoms with Crippen molar-refractivity contribution in [1.29, 1.82) is 0 Å². The summed E-state index contributed by atoms with van der Waals surface area (Å²) in [6, 6.07) is 9.42. The van der Waals surface area contributed by atoms with Crippen LogP contribution in [-0.4, -0.2) is 46.0 Å². The Morgan fingerprint density at radius 2 is 2.00 bits per heavy atom. The second-order valence-electron chi connectivity index (χ2n) is 6.05. The van der Waals surface area contributed by atoms with Crippen LogP contribution in [0.15, 0.2) is 30.3 Å². The summed E-state index contributed by atoms with van der Waals surface area (Å²) in [4.78, 5) is 14.5. The van der Waals surface area contributed by atoms with E-state index in [-0.39, 0.29) is 5.91 Å². The van der Waals surface area contributed by atoms with Gasteiger partial charge >= 0.3 is 0 Å². The number of aromatic nitrogens is 2. The first-order valence-electron chi connectivity index (χ1n) is 8.27. The van der Waals surface area contributed by atoms with E-state index in [1.165, 1.54) is 0 Å². The van der Waals surface area contributed by atoms with E-state index < -0.39 is 6.04 Å². The first kappa shape index (κ1) is 17.6. The van der Waals surface area contributed by atoms with E-state index in [1.807, 2.05) is 48.9 Å². The smallest absolute Gasteiger partial charge is 0.256 e. The highest BCUT2D eigenvalue weighted by molar-refractivity contribution is 7.80. The van der Waals surface area contributed by atoms with Crippen molar-refractivity contribution in [2.75, 3.05) is 20.3 Å². The van der Waals surface area contributed by atoms with Crippen LogP contribution in [0.1, 0.15) is 29.4 Å². The van der Waals surface area contributed by atoms with Gasteiger partial charge in [-0.1, -0.05) is 18.2 Å². The van der Waals surface area contributed by atoms with Gasteiger partial charge < -0.3 is 10.1 Å². The molecule has 1 aromatic heterocycles. The average molecular weight is 358 g/mol. The fraction of sp³-hybridized carbons (Fsp3) is 0.389. The lowest BCUT2D eigenvalue weighted by Crippen LogP contribution is -2.32. The molecule has 3 rings (SSSR count). The fourth-order valence-corrected chi connectivity index (χ4v) is 3.49. The molecule has 6 nitrogen and oxygen atoms in total. The largest absolute Gasteiger partial charge is 0.385 e. The maximum Gasteiger partial charge on any atom is 0.256 e. The van der Waals surface area contributed by atoms with E-state index in [0.29, 0.717) is 18.3 Å².